The van der Waals surface area contributed by atoms with Gasteiger partial charge in [0.05, 0.1) is 18.7 Å². The maximum Gasteiger partial charge on any atom is 0.407 e. The molecule has 0 bridgehead atoms. The number of carbonyl (C=O) groups is 1. The van der Waals surface area contributed by atoms with Gasteiger partial charge in [-0.05, 0) is 17.7 Å². The van der Waals surface area contributed by atoms with E-state index in [-0.39, 0.29) is 19.8 Å². The standard InChI is InChI=1S/C11H14ClNO4/c1-16-10-3-2-8(6-9(10)12)7-17-11(15)13-4-5-14/h2-3,6,14H,4-5,7H2,1H3,(H,13,15). The number of carbonyl (C=O) groups excluding carboxylic acids is 1. The number of amides is 1. The van der Waals surface area contributed by atoms with Gasteiger partial charge in [0.2, 0.25) is 0 Å². The van der Waals surface area contributed by atoms with Gasteiger partial charge < -0.3 is 19.9 Å². The summed E-state index contributed by atoms with van der Waals surface area (Å²) in [5.74, 6) is 0.570. The highest BCUT2D eigenvalue weighted by molar-refractivity contribution is 6.32. The Morgan fingerprint density at radius 2 is 2.29 bits per heavy atom. The van der Waals surface area contributed by atoms with E-state index in [4.69, 9.17) is 26.2 Å². The van der Waals surface area contributed by atoms with Crippen LogP contribution in [0, 0.1) is 0 Å². The zero-order valence-electron chi connectivity index (χ0n) is 9.40. The molecule has 0 unspecified atom stereocenters. The number of nitrogens with one attached hydrogen (secondary N) is 1. The molecule has 0 saturated carbocycles. The molecule has 0 fully saturated rings. The molecule has 6 heteroatoms. The number of hydrogen-bond donors (Lipinski definition) is 2. The van der Waals surface area contributed by atoms with Crippen molar-refractivity contribution in [3.8, 4) is 5.75 Å². The minimum absolute atomic E-state index is 0.112. The molecule has 5 nitrogen and oxygen atoms in total. The molecule has 1 rings (SSSR count). The predicted octanol–water partition coefficient (Wildman–Crippen LogP) is 1.57. The molecule has 0 aliphatic carbocycles. The van der Waals surface area contributed by atoms with Gasteiger partial charge in [-0.15, -0.1) is 0 Å². The van der Waals surface area contributed by atoms with Gasteiger partial charge in [0.25, 0.3) is 0 Å². The smallest absolute Gasteiger partial charge is 0.407 e. The van der Waals surface area contributed by atoms with E-state index in [0.29, 0.717) is 10.8 Å². The summed E-state index contributed by atoms with van der Waals surface area (Å²) in [7, 11) is 1.53. The van der Waals surface area contributed by atoms with Crippen molar-refractivity contribution in [3.05, 3.63) is 28.8 Å². The largest absolute Gasteiger partial charge is 0.495 e. The Morgan fingerprint density at radius 3 is 2.88 bits per heavy atom. The minimum atomic E-state index is -0.578. The molecule has 0 heterocycles. The molecule has 0 aliphatic heterocycles. The van der Waals surface area contributed by atoms with Crippen LogP contribution in [0.5, 0.6) is 5.75 Å². The number of methoxy groups -OCH3 is 1. The molecule has 0 saturated heterocycles. The SMILES string of the molecule is COc1ccc(COC(=O)NCCO)cc1Cl. The minimum Gasteiger partial charge on any atom is -0.495 e. The first kappa shape index (κ1) is 13.6. The summed E-state index contributed by atoms with van der Waals surface area (Å²) in [5.41, 5.74) is 0.759. The van der Waals surface area contributed by atoms with Gasteiger partial charge in [-0.25, -0.2) is 4.79 Å². The summed E-state index contributed by atoms with van der Waals surface area (Å²) in [6.45, 7) is 0.159. The highest BCUT2D eigenvalue weighted by atomic mass is 35.5. The maximum absolute atomic E-state index is 11.1. The summed E-state index contributed by atoms with van der Waals surface area (Å²) in [6, 6.07) is 5.12. The van der Waals surface area contributed by atoms with E-state index in [1.165, 1.54) is 7.11 Å². The second kappa shape index (κ2) is 6.98. The van der Waals surface area contributed by atoms with Crippen molar-refractivity contribution in [1.82, 2.24) is 5.32 Å². The number of ether oxygens (including phenoxy) is 2. The Labute approximate surface area is 104 Å². The average Bonchev–Trinajstić information content (AvgIpc) is 2.34. The molecule has 0 spiro atoms. The number of alkyl carbamates (subject to hydrolysis) is 1. The third kappa shape index (κ3) is 4.50. The number of rotatable bonds is 5. The number of aliphatic hydroxyl groups is 1. The number of hydrogen-bond acceptors (Lipinski definition) is 4. The molecular formula is C11H14ClNO4. The van der Waals surface area contributed by atoms with Crippen LogP contribution in [0.2, 0.25) is 5.02 Å². The Morgan fingerprint density at radius 1 is 1.53 bits per heavy atom. The van der Waals surface area contributed by atoms with E-state index >= 15 is 0 Å². The van der Waals surface area contributed by atoms with Crippen molar-refractivity contribution in [3.63, 3.8) is 0 Å². The normalized spacial score (nSPS) is 9.82. The summed E-state index contributed by atoms with van der Waals surface area (Å²) < 4.78 is 9.90. The van der Waals surface area contributed by atoms with Crippen LogP contribution in [0.25, 0.3) is 0 Å². The maximum atomic E-state index is 11.1. The fourth-order valence-corrected chi connectivity index (χ4v) is 1.44. The van der Waals surface area contributed by atoms with E-state index in [1.54, 1.807) is 18.2 Å². The van der Waals surface area contributed by atoms with E-state index in [9.17, 15) is 4.79 Å². The lowest BCUT2D eigenvalue weighted by Crippen LogP contribution is -2.26. The summed E-state index contributed by atoms with van der Waals surface area (Å²) in [6.07, 6.45) is -0.578. The zero-order chi connectivity index (χ0) is 12.7. The molecule has 17 heavy (non-hydrogen) atoms. The van der Waals surface area contributed by atoms with Crippen LogP contribution >= 0.6 is 11.6 Å². The molecule has 1 aromatic rings. The van der Waals surface area contributed by atoms with Crippen LogP contribution in [0.4, 0.5) is 4.79 Å². The molecule has 1 amide bonds. The van der Waals surface area contributed by atoms with Crippen LogP contribution in [-0.4, -0.2) is 31.5 Å². The number of benzene rings is 1. The molecule has 1 aromatic carbocycles. The van der Waals surface area contributed by atoms with E-state index < -0.39 is 6.09 Å². The first-order valence-corrected chi connectivity index (χ1v) is 5.39. The van der Waals surface area contributed by atoms with E-state index in [0.717, 1.165) is 5.56 Å². The first-order chi connectivity index (χ1) is 8.17. The van der Waals surface area contributed by atoms with E-state index in [2.05, 4.69) is 5.32 Å². The summed E-state index contributed by atoms with van der Waals surface area (Å²) in [4.78, 5) is 11.1. The van der Waals surface area contributed by atoms with Crippen LogP contribution in [-0.2, 0) is 11.3 Å². The van der Waals surface area contributed by atoms with Crippen molar-refractivity contribution in [2.45, 2.75) is 6.61 Å². The lowest BCUT2D eigenvalue weighted by Gasteiger charge is -2.08. The Bertz CT molecular complexity index is 384. The molecule has 0 aromatic heterocycles. The Hall–Kier alpha value is -1.46. The molecule has 0 radical (unpaired) electrons. The van der Waals surface area contributed by atoms with Crippen LogP contribution in [0.15, 0.2) is 18.2 Å². The molecule has 0 aliphatic rings. The highest BCUT2D eigenvalue weighted by Crippen LogP contribution is 2.25. The molecule has 94 valence electrons. The van der Waals surface area contributed by atoms with Crippen molar-refractivity contribution < 1.29 is 19.4 Å². The van der Waals surface area contributed by atoms with Gasteiger partial charge in [0.15, 0.2) is 0 Å². The lowest BCUT2D eigenvalue weighted by atomic mass is 10.2. The third-order valence-corrected chi connectivity index (χ3v) is 2.26. The van der Waals surface area contributed by atoms with Crippen molar-refractivity contribution in [1.29, 1.82) is 0 Å². The van der Waals surface area contributed by atoms with Gasteiger partial charge in [-0.2, -0.15) is 0 Å². The summed E-state index contributed by atoms with van der Waals surface area (Å²) in [5, 5.41) is 11.3. The van der Waals surface area contributed by atoms with E-state index in [1.807, 2.05) is 0 Å². The van der Waals surface area contributed by atoms with Crippen molar-refractivity contribution in [2.75, 3.05) is 20.3 Å². The van der Waals surface area contributed by atoms with Crippen molar-refractivity contribution in [2.24, 2.45) is 0 Å². The number of halogens is 1. The second-order valence-electron chi connectivity index (χ2n) is 3.20. The Kier molecular flexibility index (Phi) is 5.59. The monoisotopic (exact) mass is 259 g/mol. The van der Waals surface area contributed by atoms with Gasteiger partial charge in [0.1, 0.15) is 12.4 Å². The predicted molar refractivity (Wildman–Crippen MR) is 63.3 cm³/mol. The fourth-order valence-electron chi connectivity index (χ4n) is 1.16. The van der Waals surface area contributed by atoms with Crippen LogP contribution in [0.1, 0.15) is 5.56 Å². The molecule has 2 N–H and O–H groups in total. The van der Waals surface area contributed by atoms with Crippen LogP contribution in [0.3, 0.4) is 0 Å². The number of aliphatic hydroxyl groups excluding tert-OH is 1. The van der Waals surface area contributed by atoms with Gasteiger partial charge in [-0.3, -0.25) is 0 Å². The Balaban J connectivity index is 2.47. The zero-order valence-corrected chi connectivity index (χ0v) is 10.2. The molecule has 0 atom stereocenters. The topological polar surface area (TPSA) is 67.8 Å². The van der Waals surface area contributed by atoms with Crippen molar-refractivity contribution >= 4 is 17.7 Å². The summed E-state index contributed by atoms with van der Waals surface area (Å²) >= 11 is 5.91. The fraction of sp³-hybridized carbons (Fsp3) is 0.364. The van der Waals surface area contributed by atoms with Crippen LogP contribution < -0.4 is 10.1 Å². The quantitative estimate of drug-likeness (QED) is 0.842. The van der Waals surface area contributed by atoms with Gasteiger partial charge >= 0.3 is 6.09 Å². The lowest BCUT2D eigenvalue weighted by molar-refractivity contribution is 0.137. The van der Waals surface area contributed by atoms with Gasteiger partial charge in [-0.1, -0.05) is 17.7 Å². The van der Waals surface area contributed by atoms with Gasteiger partial charge in [0, 0.05) is 6.54 Å². The second-order valence-corrected chi connectivity index (χ2v) is 3.60. The third-order valence-electron chi connectivity index (χ3n) is 1.97. The highest BCUT2D eigenvalue weighted by Gasteiger charge is 2.04. The molecular weight excluding hydrogens is 246 g/mol. The average molecular weight is 260 g/mol. The first-order valence-electron chi connectivity index (χ1n) is 5.01.